The van der Waals surface area contributed by atoms with E-state index >= 15 is 0 Å². The molecule has 1 aliphatic carbocycles. The van der Waals surface area contributed by atoms with Gasteiger partial charge in [-0.05, 0) is 43.2 Å². The molecule has 2 aromatic rings. The monoisotopic (exact) mass is 355 g/mol. The lowest BCUT2D eigenvalue weighted by Gasteiger charge is -2.12. The Morgan fingerprint density at radius 3 is 2.35 bits per heavy atom. The van der Waals surface area contributed by atoms with E-state index in [2.05, 4.69) is 10.6 Å². The molecule has 2 aromatic carbocycles. The maximum Gasteiger partial charge on any atom is 0.262 e. The molecule has 0 bridgehead atoms. The molecule has 0 radical (unpaired) electrons. The Labute approximate surface area is 151 Å². The first-order valence-electron chi connectivity index (χ1n) is 8.26. The van der Waals surface area contributed by atoms with Gasteiger partial charge in [-0.25, -0.2) is 0 Å². The van der Waals surface area contributed by atoms with Crippen molar-refractivity contribution in [3.05, 3.63) is 48.5 Å². The largest absolute Gasteiger partial charge is 0.493 e. The number of para-hydroxylation sites is 2. The summed E-state index contributed by atoms with van der Waals surface area (Å²) in [5, 5.41) is 5.50. The van der Waals surface area contributed by atoms with Crippen LogP contribution >= 0.6 is 0 Å². The zero-order valence-corrected chi connectivity index (χ0v) is 14.5. The van der Waals surface area contributed by atoms with Crippen LogP contribution in [0.15, 0.2) is 48.5 Å². The first-order chi connectivity index (χ1) is 12.5. The minimum atomic E-state index is -0.748. The number of hydrogen-bond acceptors (Lipinski definition) is 5. The predicted molar refractivity (Wildman–Crippen MR) is 98.3 cm³/mol. The van der Waals surface area contributed by atoms with Crippen molar-refractivity contribution in [2.24, 2.45) is 5.73 Å². The second-order valence-electron chi connectivity index (χ2n) is 6.18. The molecular formula is C19H21N3O4. The zero-order chi connectivity index (χ0) is 18.6. The van der Waals surface area contributed by atoms with E-state index in [-0.39, 0.29) is 18.4 Å². The lowest BCUT2D eigenvalue weighted by Crippen LogP contribution is -2.37. The van der Waals surface area contributed by atoms with Crippen molar-refractivity contribution in [1.82, 2.24) is 0 Å². The summed E-state index contributed by atoms with van der Waals surface area (Å²) >= 11 is 0. The number of nitrogens with one attached hydrogen (secondary N) is 2. The summed E-state index contributed by atoms with van der Waals surface area (Å²) in [6.45, 7) is -0.164. The molecule has 7 nitrogen and oxygen atoms in total. The fraction of sp³-hybridized carbons (Fsp3) is 0.263. The first kappa shape index (κ1) is 17.8. The van der Waals surface area contributed by atoms with E-state index in [1.165, 1.54) is 7.11 Å². The second-order valence-corrected chi connectivity index (χ2v) is 6.18. The highest BCUT2D eigenvalue weighted by Gasteiger charge is 2.45. The van der Waals surface area contributed by atoms with Crippen molar-refractivity contribution in [3.63, 3.8) is 0 Å². The Hall–Kier alpha value is -3.06. The van der Waals surface area contributed by atoms with Gasteiger partial charge in [0.15, 0.2) is 18.1 Å². The minimum absolute atomic E-state index is 0.164. The summed E-state index contributed by atoms with van der Waals surface area (Å²) in [6.07, 6.45) is 1.38. The van der Waals surface area contributed by atoms with Gasteiger partial charge in [0.25, 0.3) is 5.91 Å². The molecule has 136 valence electrons. The van der Waals surface area contributed by atoms with E-state index in [1.54, 1.807) is 42.5 Å². The van der Waals surface area contributed by atoms with Crippen LogP contribution in [0.3, 0.4) is 0 Å². The first-order valence-corrected chi connectivity index (χ1v) is 8.26. The molecule has 0 saturated heterocycles. The van der Waals surface area contributed by atoms with Crippen molar-refractivity contribution in [2.45, 2.75) is 18.4 Å². The summed E-state index contributed by atoms with van der Waals surface area (Å²) in [5.41, 5.74) is 6.25. The molecule has 2 amide bonds. The molecule has 0 heterocycles. The molecule has 4 N–H and O–H groups in total. The van der Waals surface area contributed by atoms with Crippen molar-refractivity contribution >= 4 is 23.2 Å². The molecule has 26 heavy (non-hydrogen) atoms. The Balaban J connectivity index is 1.55. The van der Waals surface area contributed by atoms with Gasteiger partial charge in [-0.15, -0.1) is 0 Å². The molecule has 1 saturated carbocycles. The van der Waals surface area contributed by atoms with Gasteiger partial charge in [-0.3, -0.25) is 9.59 Å². The fourth-order valence-electron chi connectivity index (χ4n) is 2.37. The van der Waals surface area contributed by atoms with Gasteiger partial charge in [-0.2, -0.15) is 0 Å². The van der Waals surface area contributed by atoms with Crippen LogP contribution in [0.2, 0.25) is 0 Å². The van der Waals surface area contributed by atoms with Crippen LogP contribution in [0.1, 0.15) is 12.8 Å². The summed E-state index contributed by atoms with van der Waals surface area (Å²) in [5.74, 6) is 0.516. The standard InChI is InChI=1S/C19H21N3O4/c1-25-15-7-2-3-8-16(15)26-12-17(23)21-13-5-4-6-14(11-13)22-18(24)19(20)9-10-19/h2-8,11H,9-10,12,20H2,1H3,(H,21,23)(H,22,24). The Morgan fingerprint density at radius 2 is 1.69 bits per heavy atom. The average molecular weight is 355 g/mol. The SMILES string of the molecule is COc1ccccc1OCC(=O)Nc1cccc(NC(=O)C2(N)CC2)c1. The number of carbonyl (C=O) groups excluding carboxylic acids is 2. The highest BCUT2D eigenvalue weighted by molar-refractivity contribution is 6.00. The van der Waals surface area contributed by atoms with E-state index in [1.807, 2.05) is 6.07 Å². The lowest BCUT2D eigenvalue weighted by molar-refractivity contribution is -0.118. The zero-order valence-electron chi connectivity index (χ0n) is 14.5. The van der Waals surface area contributed by atoms with Crippen molar-refractivity contribution in [3.8, 4) is 11.5 Å². The van der Waals surface area contributed by atoms with Gasteiger partial charge >= 0.3 is 0 Å². The number of rotatable bonds is 7. The predicted octanol–water partition coefficient (Wildman–Crippen LogP) is 2.14. The van der Waals surface area contributed by atoms with Crippen LogP contribution in [-0.2, 0) is 9.59 Å². The van der Waals surface area contributed by atoms with Crippen molar-refractivity contribution in [2.75, 3.05) is 24.4 Å². The molecule has 0 atom stereocenters. The van der Waals surface area contributed by atoms with Crippen LogP contribution in [0.25, 0.3) is 0 Å². The molecule has 1 aliphatic rings. The number of carbonyl (C=O) groups is 2. The van der Waals surface area contributed by atoms with Gasteiger partial charge in [-0.1, -0.05) is 18.2 Å². The maximum atomic E-state index is 12.1. The molecule has 1 fully saturated rings. The summed E-state index contributed by atoms with van der Waals surface area (Å²) in [6, 6.07) is 14.0. The third-order valence-electron chi connectivity index (χ3n) is 4.07. The number of hydrogen-bond donors (Lipinski definition) is 3. The van der Waals surface area contributed by atoms with Crippen LogP contribution in [0, 0.1) is 0 Å². The van der Waals surface area contributed by atoms with Crippen LogP contribution in [0.4, 0.5) is 11.4 Å². The van der Waals surface area contributed by atoms with E-state index in [4.69, 9.17) is 15.2 Å². The summed E-state index contributed by atoms with van der Waals surface area (Å²) in [4.78, 5) is 24.1. The van der Waals surface area contributed by atoms with Gasteiger partial charge in [0.2, 0.25) is 5.91 Å². The molecule has 0 spiro atoms. The Morgan fingerprint density at radius 1 is 1.04 bits per heavy atom. The van der Waals surface area contributed by atoms with Crippen LogP contribution in [0.5, 0.6) is 11.5 Å². The van der Waals surface area contributed by atoms with Crippen LogP contribution < -0.4 is 25.8 Å². The maximum absolute atomic E-state index is 12.1. The normalized spacial score (nSPS) is 14.2. The van der Waals surface area contributed by atoms with Crippen LogP contribution in [-0.4, -0.2) is 31.1 Å². The highest BCUT2D eigenvalue weighted by atomic mass is 16.5. The number of ether oxygens (including phenoxy) is 2. The number of amides is 2. The van der Waals surface area contributed by atoms with Crippen molar-refractivity contribution in [1.29, 1.82) is 0 Å². The second kappa shape index (κ2) is 7.45. The third kappa shape index (κ3) is 4.31. The molecular weight excluding hydrogens is 334 g/mol. The van der Waals surface area contributed by atoms with Crippen molar-refractivity contribution < 1.29 is 19.1 Å². The van der Waals surface area contributed by atoms with E-state index in [9.17, 15) is 9.59 Å². The molecule has 0 aromatic heterocycles. The van der Waals surface area contributed by atoms with Gasteiger partial charge < -0.3 is 25.8 Å². The third-order valence-corrected chi connectivity index (χ3v) is 4.07. The summed E-state index contributed by atoms with van der Waals surface area (Å²) in [7, 11) is 1.54. The van der Waals surface area contributed by atoms with E-state index < -0.39 is 5.54 Å². The van der Waals surface area contributed by atoms with E-state index in [0.29, 0.717) is 35.7 Å². The smallest absolute Gasteiger partial charge is 0.262 e. The molecule has 7 heteroatoms. The topological polar surface area (TPSA) is 103 Å². The average Bonchev–Trinajstić information content (AvgIpc) is 3.39. The van der Waals surface area contributed by atoms with Gasteiger partial charge in [0, 0.05) is 11.4 Å². The molecule has 3 rings (SSSR count). The van der Waals surface area contributed by atoms with E-state index in [0.717, 1.165) is 0 Å². The Bertz CT molecular complexity index is 818. The molecule has 0 unspecified atom stereocenters. The highest BCUT2D eigenvalue weighted by Crippen LogP contribution is 2.33. The minimum Gasteiger partial charge on any atom is -0.493 e. The summed E-state index contributed by atoms with van der Waals surface area (Å²) < 4.78 is 10.7. The number of anilines is 2. The number of benzene rings is 2. The quantitative estimate of drug-likeness (QED) is 0.706. The lowest BCUT2D eigenvalue weighted by atomic mass is 10.2. The fourth-order valence-corrected chi connectivity index (χ4v) is 2.37. The van der Waals surface area contributed by atoms with Gasteiger partial charge in [0.1, 0.15) is 0 Å². The Kier molecular flexibility index (Phi) is 5.09. The number of nitrogens with two attached hydrogens (primary N) is 1. The number of methoxy groups -OCH3 is 1. The van der Waals surface area contributed by atoms with Gasteiger partial charge in [0.05, 0.1) is 12.6 Å². The molecule has 0 aliphatic heterocycles.